The fraction of sp³-hybridized carbons (Fsp3) is 0.714. The van der Waals surface area contributed by atoms with E-state index in [0.29, 0.717) is 12.1 Å². The maximum absolute atomic E-state index is 5.51. The summed E-state index contributed by atoms with van der Waals surface area (Å²) in [4.78, 5) is 3.65. The van der Waals surface area contributed by atoms with Crippen LogP contribution in [0.5, 0.6) is 0 Å². The Morgan fingerprint density at radius 3 is 2.56 bits per heavy atom. The number of likely N-dealkylation sites (N-methyl/N-ethyl adjacent to an activating group) is 1. The van der Waals surface area contributed by atoms with Crippen molar-refractivity contribution < 1.29 is 4.74 Å². The molecule has 0 aromatic carbocycles. The van der Waals surface area contributed by atoms with Gasteiger partial charge >= 0.3 is 0 Å². The number of thiophene rings is 1. The third kappa shape index (κ3) is 4.05. The van der Waals surface area contributed by atoms with Crippen LogP contribution >= 0.6 is 11.3 Å². The van der Waals surface area contributed by atoms with E-state index >= 15 is 0 Å². The van der Waals surface area contributed by atoms with Crippen LogP contribution < -0.4 is 5.32 Å². The first-order valence-corrected chi connectivity index (χ1v) is 7.24. The van der Waals surface area contributed by atoms with Gasteiger partial charge in [-0.05, 0) is 46.3 Å². The van der Waals surface area contributed by atoms with Crippen LogP contribution in [0.2, 0.25) is 0 Å². The summed E-state index contributed by atoms with van der Waals surface area (Å²) in [5.41, 5.74) is -0.147. The number of nitrogens with one attached hydrogen (secondary N) is 1. The molecule has 104 valence electrons. The molecular weight excluding hydrogens is 244 g/mol. The predicted octanol–water partition coefficient (Wildman–Crippen LogP) is 2.75. The van der Waals surface area contributed by atoms with Crippen molar-refractivity contribution >= 4 is 11.3 Å². The summed E-state index contributed by atoms with van der Waals surface area (Å²) in [6.07, 6.45) is 0. The molecule has 0 aliphatic rings. The summed E-state index contributed by atoms with van der Waals surface area (Å²) in [7, 11) is 6.01. The monoisotopic (exact) mass is 270 g/mol. The summed E-state index contributed by atoms with van der Waals surface area (Å²) < 4.78 is 5.51. The average Bonchev–Trinajstić information content (AvgIpc) is 2.82. The van der Waals surface area contributed by atoms with Gasteiger partial charge in [0.25, 0.3) is 0 Å². The van der Waals surface area contributed by atoms with E-state index in [2.05, 4.69) is 62.6 Å². The largest absolute Gasteiger partial charge is 0.377 e. The van der Waals surface area contributed by atoms with E-state index in [4.69, 9.17) is 4.74 Å². The number of methoxy groups -OCH3 is 1. The van der Waals surface area contributed by atoms with Crippen LogP contribution in [0.25, 0.3) is 0 Å². The third-order valence-electron chi connectivity index (χ3n) is 3.68. The molecule has 0 saturated carbocycles. The number of rotatable bonds is 7. The maximum Gasteiger partial charge on any atom is 0.0772 e. The summed E-state index contributed by atoms with van der Waals surface area (Å²) in [6, 6.07) is 5.03. The molecule has 1 heterocycles. The molecule has 0 bridgehead atoms. The molecule has 2 atom stereocenters. The molecular formula is C14H26N2OS. The molecule has 1 aromatic heterocycles. The highest BCUT2D eigenvalue weighted by Gasteiger charge is 2.26. The van der Waals surface area contributed by atoms with Crippen molar-refractivity contribution in [2.75, 3.05) is 27.7 Å². The Morgan fingerprint density at radius 2 is 2.11 bits per heavy atom. The van der Waals surface area contributed by atoms with Crippen molar-refractivity contribution in [3.63, 3.8) is 0 Å². The number of nitrogens with zero attached hydrogens (tertiary/aromatic N) is 1. The fourth-order valence-electron chi connectivity index (χ4n) is 1.73. The predicted molar refractivity (Wildman–Crippen MR) is 79.3 cm³/mol. The van der Waals surface area contributed by atoms with Gasteiger partial charge in [0.15, 0.2) is 0 Å². The van der Waals surface area contributed by atoms with Crippen LogP contribution in [-0.2, 0) is 4.74 Å². The van der Waals surface area contributed by atoms with E-state index in [1.807, 2.05) is 11.3 Å². The van der Waals surface area contributed by atoms with E-state index in [0.717, 1.165) is 6.54 Å². The highest BCUT2D eigenvalue weighted by atomic mass is 32.1. The second-order valence-corrected chi connectivity index (χ2v) is 6.41. The van der Waals surface area contributed by atoms with Crippen molar-refractivity contribution in [1.29, 1.82) is 0 Å². The Labute approximate surface area is 115 Å². The number of hydrogen-bond acceptors (Lipinski definition) is 4. The topological polar surface area (TPSA) is 24.5 Å². The number of ether oxygens (including phenoxy) is 1. The summed E-state index contributed by atoms with van der Waals surface area (Å²) in [5, 5.41) is 5.72. The molecule has 0 saturated heterocycles. The maximum atomic E-state index is 5.51. The van der Waals surface area contributed by atoms with Crippen molar-refractivity contribution in [1.82, 2.24) is 10.2 Å². The standard InChI is InChI=1S/C14H26N2OS/c1-11(14(2,3)17-6)15-10-12(16(4)5)13-8-7-9-18-13/h7-9,11-12,15H,10H2,1-6H3. The minimum Gasteiger partial charge on any atom is -0.377 e. The van der Waals surface area contributed by atoms with Gasteiger partial charge in [0.2, 0.25) is 0 Å². The Kier molecular flexibility index (Phi) is 5.79. The van der Waals surface area contributed by atoms with Crippen molar-refractivity contribution in [3.05, 3.63) is 22.4 Å². The van der Waals surface area contributed by atoms with Crippen LogP contribution in [0, 0.1) is 0 Å². The van der Waals surface area contributed by atoms with Crippen molar-refractivity contribution in [2.45, 2.75) is 38.5 Å². The molecule has 18 heavy (non-hydrogen) atoms. The Hall–Kier alpha value is -0.420. The van der Waals surface area contributed by atoms with Crippen LogP contribution in [0.15, 0.2) is 17.5 Å². The zero-order valence-corrected chi connectivity index (χ0v) is 13.2. The first kappa shape index (κ1) is 15.6. The van der Waals surface area contributed by atoms with E-state index in [-0.39, 0.29) is 5.60 Å². The SMILES string of the molecule is COC(C)(C)C(C)NCC(c1cccs1)N(C)C. The minimum atomic E-state index is -0.147. The summed E-state index contributed by atoms with van der Waals surface area (Å²) in [6.45, 7) is 7.33. The summed E-state index contributed by atoms with van der Waals surface area (Å²) >= 11 is 1.81. The summed E-state index contributed by atoms with van der Waals surface area (Å²) in [5.74, 6) is 0. The molecule has 4 heteroatoms. The van der Waals surface area contributed by atoms with Gasteiger partial charge in [-0.15, -0.1) is 11.3 Å². The molecule has 1 N–H and O–H groups in total. The zero-order valence-electron chi connectivity index (χ0n) is 12.4. The Morgan fingerprint density at radius 1 is 1.44 bits per heavy atom. The normalized spacial score (nSPS) is 15.9. The lowest BCUT2D eigenvalue weighted by molar-refractivity contribution is -0.00629. The quantitative estimate of drug-likeness (QED) is 0.824. The molecule has 3 nitrogen and oxygen atoms in total. The molecule has 0 amide bonds. The van der Waals surface area contributed by atoms with Gasteiger partial charge in [0, 0.05) is 24.6 Å². The Balaban J connectivity index is 2.59. The lowest BCUT2D eigenvalue weighted by Gasteiger charge is -2.33. The van der Waals surface area contributed by atoms with Gasteiger partial charge in [-0.25, -0.2) is 0 Å². The fourth-order valence-corrected chi connectivity index (χ4v) is 2.65. The third-order valence-corrected chi connectivity index (χ3v) is 4.65. The van der Waals surface area contributed by atoms with E-state index in [1.165, 1.54) is 4.88 Å². The van der Waals surface area contributed by atoms with Crippen molar-refractivity contribution in [2.24, 2.45) is 0 Å². The highest BCUT2D eigenvalue weighted by molar-refractivity contribution is 7.10. The first-order valence-electron chi connectivity index (χ1n) is 6.37. The van der Waals surface area contributed by atoms with E-state index < -0.39 is 0 Å². The second-order valence-electron chi connectivity index (χ2n) is 5.43. The second kappa shape index (κ2) is 6.66. The smallest absolute Gasteiger partial charge is 0.0772 e. The van der Waals surface area contributed by atoms with Crippen LogP contribution in [-0.4, -0.2) is 44.3 Å². The molecule has 1 rings (SSSR count). The lowest BCUT2D eigenvalue weighted by Crippen LogP contribution is -2.48. The van der Waals surface area contributed by atoms with Gasteiger partial charge in [-0.3, -0.25) is 0 Å². The van der Waals surface area contributed by atoms with E-state index in [9.17, 15) is 0 Å². The first-order chi connectivity index (χ1) is 8.38. The molecule has 0 aliphatic heterocycles. The molecule has 1 aromatic rings. The average molecular weight is 270 g/mol. The molecule has 0 fully saturated rings. The van der Waals surface area contributed by atoms with Crippen molar-refractivity contribution in [3.8, 4) is 0 Å². The van der Waals surface area contributed by atoms with Gasteiger partial charge < -0.3 is 15.0 Å². The van der Waals surface area contributed by atoms with Crippen LogP contribution in [0.3, 0.4) is 0 Å². The van der Waals surface area contributed by atoms with Gasteiger partial charge in [-0.2, -0.15) is 0 Å². The van der Waals surface area contributed by atoms with Crippen LogP contribution in [0.4, 0.5) is 0 Å². The van der Waals surface area contributed by atoms with Crippen LogP contribution in [0.1, 0.15) is 31.7 Å². The molecule has 2 unspecified atom stereocenters. The molecule has 0 radical (unpaired) electrons. The van der Waals surface area contributed by atoms with Gasteiger partial charge in [0.1, 0.15) is 0 Å². The highest BCUT2D eigenvalue weighted by Crippen LogP contribution is 2.23. The van der Waals surface area contributed by atoms with Gasteiger partial charge in [-0.1, -0.05) is 6.07 Å². The van der Waals surface area contributed by atoms with Gasteiger partial charge in [0.05, 0.1) is 11.6 Å². The molecule has 0 spiro atoms. The molecule has 0 aliphatic carbocycles. The lowest BCUT2D eigenvalue weighted by atomic mass is 10.00. The zero-order chi connectivity index (χ0) is 13.8. The Bertz CT molecular complexity index is 336. The number of hydrogen-bond donors (Lipinski definition) is 1. The minimum absolute atomic E-state index is 0.147. The van der Waals surface area contributed by atoms with E-state index in [1.54, 1.807) is 7.11 Å².